The predicted octanol–water partition coefficient (Wildman–Crippen LogP) is 3.50. The third kappa shape index (κ3) is 5.66. The highest BCUT2D eigenvalue weighted by atomic mass is 32.2. The lowest BCUT2D eigenvalue weighted by Crippen LogP contribution is -2.44. The van der Waals surface area contributed by atoms with Gasteiger partial charge in [-0.3, -0.25) is 4.57 Å². The van der Waals surface area contributed by atoms with Crippen molar-refractivity contribution in [2.45, 2.75) is 45.2 Å². The van der Waals surface area contributed by atoms with Gasteiger partial charge in [-0.2, -0.15) is 0 Å². The van der Waals surface area contributed by atoms with Crippen LogP contribution in [0.2, 0.25) is 0 Å². The Labute approximate surface area is 207 Å². The highest BCUT2D eigenvalue weighted by Crippen LogP contribution is 2.28. The summed E-state index contributed by atoms with van der Waals surface area (Å²) in [7, 11) is -1.60. The van der Waals surface area contributed by atoms with Crippen molar-refractivity contribution >= 4 is 15.7 Å². The normalized spacial score (nSPS) is 15.9. The number of nitrogens with one attached hydrogen (secondary N) is 1. The van der Waals surface area contributed by atoms with E-state index in [0.29, 0.717) is 29.7 Å². The zero-order chi connectivity index (χ0) is 25.2. The second-order valence-corrected chi connectivity index (χ2v) is 10.8. The van der Waals surface area contributed by atoms with Crippen LogP contribution >= 0.6 is 0 Å². The standard InChI is InChI=1S/C25H34N6O3S/c1-6-31-24(20(4)28-35(32,33)23-16-18(2)10-11-19(23)3)26-27-25(31)34-22-9-7-8-21(17-22)30-14-12-29(5)13-15-30/h7-11,16-17,20,28H,6,12-15H2,1-5H3/t20-/m1/s1. The van der Waals surface area contributed by atoms with Crippen molar-refractivity contribution in [1.82, 2.24) is 24.4 Å². The van der Waals surface area contributed by atoms with Gasteiger partial charge < -0.3 is 14.5 Å². The molecule has 1 N–H and O–H groups in total. The lowest BCUT2D eigenvalue weighted by Gasteiger charge is -2.34. The van der Waals surface area contributed by atoms with Crippen LogP contribution in [0.4, 0.5) is 5.69 Å². The fraction of sp³-hybridized carbons (Fsp3) is 0.440. The summed E-state index contributed by atoms with van der Waals surface area (Å²) >= 11 is 0. The molecule has 3 aromatic rings. The zero-order valence-corrected chi connectivity index (χ0v) is 21.8. The molecule has 1 fully saturated rings. The number of hydrogen-bond acceptors (Lipinski definition) is 7. The van der Waals surface area contributed by atoms with Crippen molar-refractivity contribution in [3.63, 3.8) is 0 Å². The first kappa shape index (κ1) is 25.2. The summed E-state index contributed by atoms with van der Waals surface area (Å²) in [5.41, 5.74) is 2.68. The van der Waals surface area contributed by atoms with Gasteiger partial charge in [-0.25, -0.2) is 13.1 Å². The molecule has 1 saturated heterocycles. The summed E-state index contributed by atoms with van der Waals surface area (Å²) in [4.78, 5) is 4.93. The molecule has 0 unspecified atom stereocenters. The van der Waals surface area contributed by atoms with Crippen molar-refractivity contribution in [3.8, 4) is 11.8 Å². The maximum absolute atomic E-state index is 13.1. The molecule has 2 heterocycles. The molecule has 1 aliphatic rings. The minimum Gasteiger partial charge on any atom is -0.424 e. The highest BCUT2D eigenvalue weighted by molar-refractivity contribution is 7.89. The topological polar surface area (TPSA) is 92.6 Å². The third-order valence-electron chi connectivity index (χ3n) is 6.31. The maximum atomic E-state index is 13.1. The van der Waals surface area contributed by atoms with E-state index in [2.05, 4.69) is 37.8 Å². The number of hydrogen-bond donors (Lipinski definition) is 1. The molecular formula is C25H34N6O3S. The third-order valence-corrected chi connectivity index (χ3v) is 7.99. The van der Waals surface area contributed by atoms with E-state index < -0.39 is 16.1 Å². The van der Waals surface area contributed by atoms with Crippen LogP contribution in [0.25, 0.3) is 0 Å². The molecule has 0 spiro atoms. The first-order valence-corrected chi connectivity index (χ1v) is 13.4. The molecule has 0 bridgehead atoms. The minimum atomic E-state index is -3.74. The van der Waals surface area contributed by atoms with Crippen molar-refractivity contribution in [2.75, 3.05) is 38.1 Å². The van der Waals surface area contributed by atoms with Gasteiger partial charge in [0.1, 0.15) is 5.75 Å². The predicted molar refractivity (Wildman–Crippen MR) is 137 cm³/mol. The molecular weight excluding hydrogens is 464 g/mol. The number of aryl methyl sites for hydroxylation is 2. The maximum Gasteiger partial charge on any atom is 0.322 e. The monoisotopic (exact) mass is 498 g/mol. The number of anilines is 1. The Balaban J connectivity index is 1.52. The Bertz CT molecular complexity index is 1280. The highest BCUT2D eigenvalue weighted by Gasteiger charge is 2.25. The summed E-state index contributed by atoms with van der Waals surface area (Å²) in [5, 5.41) is 8.49. The number of aromatic nitrogens is 3. The second kappa shape index (κ2) is 10.3. The Hall–Kier alpha value is -2.95. The fourth-order valence-electron chi connectivity index (χ4n) is 4.25. The van der Waals surface area contributed by atoms with Gasteiger partial charge in [0.25, 0.3) is 0 Å². The van der Waals surface area contributed by atoms with Crippen LogP contribution in [0, 0.1) is 13.8 Å². The van der Waals surface area contributed by atoms with Crippen LogP contribution < -0.4 is 14.4 Å². The molecule has 0 amide bonds. The first-order valence-electron chi connectivity index (χ1n) is 11.9. The summed E-state index contributed by atoms with van der Waals surface area (Å²) in [6, 6.07) is 13.1. The molecule has 9 nitrogen and oxygen atoms in total. The van der Waals surface area contributed by atoms with Crippen LogP contribution in [0.15, 0.2) is 47.4 Å². The van der Waals surface area contributed by atoms with Gasteiger partial charge in [-0.1, -0.05) is 23.3 Å². The Morgan fingerprint density at radius 3 is 2.51 bits per heavy atom. The Morgan fingerprint density at radius 1 is 1.06 bits per heavy atom. The van der Waals surface area contributed by atoms with E-state index in [1.165, 1.54) is 0 Å². The van der Waals surface area contributed by atoms with Crippen molar-refractivity contribution in [1.29, 1.82) is 0 Å². The van der Waals surface area contributed by atoms with E-state index in [0.717, 1.165) is 37.4 Å². The smallest absolute Gasteiger partial charge is 0.322 e. The van der Waals surface area contributed by atoms with Gasteiger partial charge in [-0.15, -0.1) is 5.10 Å². The number of ether oxygens (including phenoxy) is 1. The van der Waals surface area contributed by atoms with E-state index in [-0.39, 0.29) is 4.90 Å². The van der Waals surface area contributed by atoms with E-state index in [1.54, 1.807) is 24.5 Å². The van der Waals surface area contributed by atoms with Crippen molar-refractivity contribution in [2.24, 2.45) is 0 Å². The van der Waals surface area contributed by atoms with Crippen LogP contribution in [0.5, 0.6) is 11.8 Å². The number of rotatable bonds is 8. The first-order chi connectivity index (χ1) is 16.7. The van der Waals surface area contributed by atoms with Crippen molar-refractivity contribution < 1.29 is 13.2 Å². The molecule has 1 aromatic heterocycles. The number of piperazine rings is 1. The van der Waals surface area contributed by atoms with Gasteiger partial charge >= 0.3 is 6.01 Å². The van der Waals surface area contributed by atoms with Crippen LogP contribution in [-0.2, 0) is 16.6 Å². The van der Waals surface area contributed by atoms with Crippen LogP contribution in [-0.4, -0.2) is 61.3 Å². The number of benzene rings is 2. The van der Waals surface area contributed by atoms with E-state index in [9.17, 15) is 8.42 Å². The number of nitrogens with zero attached hydrogens (tertiary/aromatic N) is 5. The molecule has 0 aliphatic carbocycles. The minimum absolute atomic E-state index is 0.268. The Kier molecular flexibility index (Phi) is 7.44. The molecule has 0 saturated carbocycles. The average Bonchev–Trinajstić information content (AvgIpc) is 3.23. The van der Waals surface area contributed by atoms with Gasteiger partial charge in [0.05, 0.1) is 10.9 Å². The molecule has 0 radical (unpaired) electrons. The molecule has 4 rings (SSSR count). The van der Waals surface area contributed by atoms with Gasteiger partial charge in [0.2, 0.25) is 10.0 Å². The summed E-state index contributed by atoms with van der Waals surface area (Å²) in [6.45, 7) is 11.9. The van der Waals surface area contributed by atoms with Gasteiger partial charge in [-0.05, 0) is 64.1 Å². The van der Waals surface area contributed by atoms with E-state index in [1.807, 2.05) is 44.2 Å². The van der Waals surface area contributed by atoms with Crippen LogP contribution in [0.3, 0.4) is 0 Å². The SMILES string of the molecule is CCn1c(Oc2cccc(N3CCN(C)CC3)c2)nnc1[C@@H](C)NS(=O)(=O)c1cc(C)ccc1C. The van der Waals surface area contributed by atoms with Gasteiger partial charge in [0, 0.05) is 44.5 Å². The van der Waals surface area contributed by atoms with Crippen LogP contribution in [0.1, 0.15) is 36.8 Å². The molecule has 2 aromatic carbocycles. The number of likely N-dealkylation sites (N-methyl/N-ethyl adjacent to an activating group) is 1. The molecule has 1 aliphatic heterocycles. The van der Waals surface area contributed by atoms with E-state index >= 15 is 0 Å². The lowest BCUT2D eigenvalue weighted by molar-refractivity contribution is 0.312. The lowest BCUT2D eigenvalue weighted by atomic mass is 10.2. The van der Waals surface area contributed by atoms with Crippen molar-refractivity contribution in [3.05, 3.63) is 59.4 Å². The fourth-order valence-corrected chi connectivity index (χ4v) is 5.78. The molecule has 10 heteroatoms. The molecule has 35 heavy (non-hydrogen) atoms. The van der Waals surface area contributed by atoms with Gasteiger partial charge in [0.15, 0.2) is 5.82 Å². The largest absolute Gasteiger partial charge is 0.424 e. The summed E-state index contributed by atoms with van der Waals surface area (Å²) in [5.74, 6) is 1.16. The number of sulfonamides is 1. The molecule has 1 atom stereocenters. The Morgan fingerprint density at radius 2 is 1.80 bits per heavy atom. The quantitative estimate of drug-likeness (QED) is 0.508. The zero-order valence-electron chi connectivity index (χ0n) is 21.0. The molecule has 188 valence electrons. The summed E-state index contributed by atoms with van der Waals surface area (Å²) in [6.07, 6.45) is 0. The average molecular weight is 499 g/mol. The second-order valence-electron chi connectivity index (χ2n) is 9.09. The van der Waals surface area contributed by atoms with E-state index in [4.69, 9.17) is 4.74 Å². The summed E-state index contributed by atoms with van der Waals surface area (Å²) < 4.78 is 36.8.